The van der Waals surface area contributed by atoms with Crippen LogP contribution in [0.4, 0.5) is 0 Å². The molecule has 18 heavy (non-hydrogen) atoms. The van der Waals surface area contributed by atoms with Crippen molar-refractivity contribution >= 4 is 0 Å². The van der Waals surface area contributed by atoms with Crippen molar-refractivity contribution in [3.8, 4) is 0 Å². The maximum atomic E-state index is 3.59. The third kappa shape index (κ3) is 3.84. The molecule has 1 N–H and O–H groups in total. The van der Waals surface area contributed by atoms with E-state index in [0.717, 1.165) is 24.3 Å². The molecule has 0 bridgehead atoms. The van der Waals surface area contributed by atoms with Crippen LogP contribution >= 0.6 is 0 Å². The van der Waals surface area contributed by atoms with Crippen LogP contribution in [0, 0.1) is 11.8 Å². The fourth-order valence-electron chi connectivity index (χ4n) is 2.82. The minimum atomic E-state index is 0.252. The van der Waals surface area contributed by atoms with E-state index in [4.69, 9.17) is 0 Å². The lowest BCUT2D eigenvalue weighted by Crippen LogP contribution is -2.37. The van der Waals surface area contributed by atoms with Crippen molar-refractivity contribution in [2.75, 3.05) is 6.54 Å². The Labute approximate surface area is 112 Å². The second-order valence-electron chi connectivity index (χ2n) is 6.86. The molecular weight excluding hydrogens is 218 g/mol. The Bertz CT molecular complexity index is 363. The molecule has 1 fully saturated rings. The molecule has 3 atom stereocenters. The summed E-state index contributed by atoms with van der Waals surface area (Å²) in [5.74, 6) is 2.58. The second-order valence-corrected chi connectivity index (χ2v) is 6.86. The lowest BCUT2D eigenvalue weighted by atomic mass is 9.97. The van der Waals surface area contributed by atoms with E-state index in [1.54, 1.807) is 0 Å². The molecule has 2 rings (SSSR count). The Morgan fingerprint density at radius 2 is 1.89 bits per heavy atom. The van der Waals surface area contributed by atoms with Gasteiger partial charge in [0.1, 0.15) is 0 Å². The van der Waals surface area contributed by atoms with Gasteiger partial charge in [0.25, 0.3) is 0 Å². The minimum Gasteiger partial charge on any atom is -0.312 e. The lowest BCUT2D eigenvalue weighted by molar-refractivity contribution is 0.376. The molecule has 1 aromatic carbocycles. The predicted molar refractivity (Wildman–Crippen MR) is 78.8 cm³/mol. The van der Waals surface area contributed by atoms with Crippen molar-refractivity contribution in [1.82, 2.24) is 5.32 Å². The molecule has 0 saturated heterocycles. The van der Waals surface area contributed by atoms with Crippen LogP contribution in [0.25, 0.3) is 0 Å². The summed E-state index contributed by atoms with van der Waals surface area (Å²) >= 11 is 0. The Morgan fingerprint density at radius 3 is 2.50 bits per heavy atom. The molecule has 3 unspecified atom stereocenters. The number of benzene rings is 1. The third-order valence-electron chi connectivity index (χ3n) is 4.05. The van der Waals surface area contributed by atoms with Gasteiger partial charge in [0.2, 0.25) is 0 Å². The first-order valence-corrected chi connectivity index (χ1v) is 7.27. The van der Waals surface area contributed by atoms with E-state index in [1.165, 1.54) is 18.4 Å². The van der Waals surface area contributed by atoms with Gasteiger partial charge in [0, 0.05) is 5.54 Å². The van der Waals surface area contributed by atoms with E-state index in [1.807, 2.05) is 0 Å². The average Bonchev–Trinajstić information content (AvgIpc) is 3.08. The van der Waals surface area contributed by atoms with Crippen LogP contribution in [0.1, 0.15) is 52.0 Å². The molecule has 1 aromatic rings. The highest BCUT2D eigenvalue weighted by Gasteiger charge is 2.41. The first kappa shape index (κ1) is 13.6. The number of hydrogen-bond donors (Lipinski definition) is 1. The first-order chi connectivity index (χ1) is 8.47. The topological polar surface area (TPSA) is 12.0 Å². The largest absolute Gasteiger partial charge is 0.312 e. The summed E-state index contributed by atoms with van der Waals surface area (Å²) in [5, 5.41) is 3.59. The molecular formula is C17H27N. The van der Waals surface area contributed by atoms with Crippen molar-refractivity contribution in [2.24, 2.45) is 11.8 Å². The van der Waals surface area contributed by atoms with Crippen LogP contribution in [0.15, 0.2) is 30.3 Å². The first-order valence-electron chi connectivity index (χ1n) is 7.27. The van der Waals surface area contributed by atoms with E-state index in [-0.39, 0.29) is 5.54 Å². The van der Waals surface area contributed by atoms with E-state index in [9.17, 15) is 0 Å². The zero-order chi connectivity index (χ0) is 13.2. The number of rotatable bonds is 5. The summed E-state index contributed by atoms with van der Waals surface area (Å²) in [7, 11) is 0. The van der Waals surface area contributed by atoms with E-state index >= 15 is 0 Å². The Morgan fingerprint density at radius 1 is 1.22 bits per heavy atom. The molecule has 0 aliphatic heterocycles. The molecule has 1 nitrogen and oxygen atoms in total. The van der Waals surface area contributed by atoms with Crippen LogP contribution < -0.4 is 5.32 Å². The zero-order valence-corrected chi connectivity index (χ0v) is 12.2. The molecule has 0 amide bonds. The van der Waals surface area contributed by atoms with E-state index in [0.29, 0.717) is 0 Å². The summed E-state index contributed by atoms with van der Waals surface area (Å²) in [6.45, 7) is 10.3. The summed E-state index contributed by atoms with van der Waals surface area (Å²) in [5.41, 5.74) is 1.79. The summed E-state index contributed by atoms with van der Waals surface area (Å²) in [6, 6.07) is 11.0. The lowest BCUT2D eigenvalue weighted by Gasteiger charge is -2.22. The Balaban J connectivity index is 1.74. The minimum absolute atomic E-state index is 0.252. The third-order valence-corrected chi connectivity index (χ3v) is 4.05. The highest BCUT2D eigenvalue weighted by molar-refractivity contribution is 5.25. The van der Waals surface area contributed by atoms with Gasteiger partial charge in [-0.3, -0.25) is 0 Å². The molecule has 1 saturated carbocycles. The Hall–Kier alpha value is -0.820. The molecule has 1 aliphatic rings. The van der Waals surface area contributed by atoms with Crippen molar-refractivity contribution in [3.05, 3.63) is 35.9 Å². The molecule has 0 aromatic heterocycles. The zero-order valence-electron chi connectivity index (χ0n) is 12.2. The van der Waals surface area contributed by atoms with Crippen LogP contribution in [-0.2, 0) is 0 Å². The van der Waals surface area contributed by atoms with Crippen LogP contribution in [-0.4, -0.2) is 12.1 Å². The van der Waals surface area contributed by atoms with E-state index in [2.05, 4.69) is 63.3 Å². The second kappa shape index (κ2) is 5.44. The predicted octanol–water partition coefficient (Wildman–Crippen LogP) is 4.20. The van der Waals surface area contributed by atoms with Gasteiger partial charge in [0.15, 0.2) is 0 Å². The number of nitrogens with one attached hydrogen (secondary N) is 1. The van der Waals surface area contributed by atoms with Gasteiger partial charge < -0.3 is 5.32 Å². The summed E-state index contributed by atoms with van der Waals surface area (Å²) in [4.78, 5) is 0. The normalized spacial score (nSPS) is 24.9. The van der Waals surface area contributed by atoms with Gasteiger partial charge in [0.05, 0.1) is 0 Å². The quantitative estimate of drug-likeness (QED) is 0.819. The van der Waals surface area contributed by atoms with Gasteiger partial charge in [-0.15, -0.1) is 0 Å². The monoisotopic (exact) mass is 245 g/mol. The molecule has 0 spiro atoms. The highest BCUT2D eigenvalue weighted by atomic mass is 14.9. The smallest absolute Gasteiger partial charge is 0.00965 e. The fourth-order valence-corrected chi connectivity index (χ4v) is 2.82. The summed E-state index contributed by atoms with van der Waals surface area (Å²) in [6.07, 6.45) is 2.69. The maximum Gasteiger partial charge on any atom is 0.00965 e. The highest BCUT2D eigenvalue weighted by Crippen LogP contribution is 2.52. The molecule has 0 heterocycles. The number of hydrogen-bond acceptors (Lipinski definition) is 1. The van der Waals surface area contributed by atoms with Gasteiger partial charge in [-0.05, 0) is 63.5 Å². The van der Waals surface area contributed by atoms with Crippen LogP contribution in [0.3, 0.4) is 0 Å². The molecule has 0 radical (unpaired) electrons. The van der Waals surface area contributed by atoms with Crippen LogP contribution in [0.2, 0.25) is 0 Å². The molecule has 100 valence electrons. The van der Waals surface area contributed by atoms with Crippen molar-refractivity contribution in [2.45, 2.75) is 52.0 Å². The molecule has 1 heteroatoms. The van der Waals surface area contributed by atoms with Gasteiger partial charge in [-0.25, -0.2) is 0 Å². The van der Waals surface area contributed by atoms with Crippen LogP contribution in [0.5, 0.6) is 0 Å². The Kier molecular flexibility index (Phi) is 4.11. The maximum absolute atomic E-state index is 3.59. The SMILES string of the molecule is CC(CCNC(C)(C)C)C1CC1c1ccccc1. The van der Waals surface area contributed by atoms with Crippen molar-refractivity contribution in [3.63, 3.8) is 0 Å². The van der Waals surface area contributed by atoms with Crippen molar-refractivity contribution in [1.29, 1.82) is 0 Å². The van der Waals surface area contributed by atoms with Gasteiger partial charge in [-0.1, -0.05) is 37.3 Å². The molecule has 1 aliphatic carbocycles. The average molecular weight is 245 g/mol. The van der Waals surface area contributed by atoms with E-state index < -0.39 is 0 Å². The van der Waals surface area contributed by atoms with Gasteiger partial charge in [-0.2, -0.15) is 0 Å². The van der Waals surface area contributed by atoms with Gasteiger partial charge >= 0.3 is 0 Å². The fraction of sp³-hybridized carbons (Fsp3) is 0.647. The van der Waals surface area contributed by atoms with Crippen molar-refractivity contribution < 1.29 is 0 Å². The standard InChI is InChI=1S/C17H27N/c1-13(10-11-18-17(2,3)4)15-12-16(15)14-8-6-5-7-9-14/h5-9,13,15-16,18H,10-12H2,1-4H3. The summed E-state index contributed by atoms with van der Waals surface area (Å²) < 4.78 is 0.